The highest BCUT2D eigenvalue weighted by Crippen LogP contribution is 2.13. The van der Waals surface area contributed by atoms with Crippen molar-refractivity contribution in [3.63, 3.8) is 0 Å². The van der Waals surface area contributed by atoms with E-state index in [1.807, 2.05) is 12.1 Å². The van der Waals surface area contributed by atoms with Crippen LogP contribution in [0.2, 0.25) is 0 Å². The molecule has 0 saturated heterocycles. The van der Waals surface area contributed by atoms with E-state index in [9.17, 15) is 4.79 Å². The van der Waals surface area contributed by atoms with Gasteiger partial charge >= 0.3 is 0 Å². The third kappa shape index (κ3) is 3.58. The van der Waals surface area contributed by atoms with Gasteiger partial charge in [-0.2, -0.15) is 0 Å². The summed E-state index contributed by atoms with van der Waals surface area (Å²) in [5, 5.41) is 0. The van der Waals surface area contributed by atoms with E-state index in [0.29, 0.717) is 5.56 Å². The summed E-state index contributed by atoms with van der Waals surface area (Å²) in [5.41, 5.74) is 0.646. The van der Waals surface area contributed by atoms with Crippen molar-refractivity contribution < 1.29 is 9.53 Å². The van der Waals surface area contributed by atoms with Crippen molar-refractivity contribution in [2.24, 2.45) is 0 Å². The van der Waals surface area contributed by atoms with Crippen LogP contribution < -0.4 is 4.74 Å². The molecule has 0 N–H and O–H groups in total. The summed E-state index contributed by atoms with van der Waals surface area (Å²) >= 11 is 0. The number of ketones is 1. The van der Waals surface area contributed by atoms with Crippen LogP contribution in [0.25, 0.3) is 0 Å². The molecule has 0 radical (unpaired) electrons. The summed E-state index contributed by atoms with van der Waals surface area (Å²) in [5.74, 6) is 0.749. The van der Waals surface area contributed by atoms with E-state index in [1.165, 1.54) is 6.08 Å². The summed E-state index contributed by atoms with van der Waals surface area (Å²) in [7, 11) is 0. The Balaban J connectivity index is 2.56. The minimum absolute atomic E-state index is 0.0601. The lowest BCUT2D eigenvalue weighted by Gasteiger charge is -2.05. The van der Waals surface area contributed by atoms with E-state index in [2.05, 4.69) is 13.5 Å². The Bertz CT molecular complexity index is 325. The fraction of sp³-hybridized carbons (Fsp3) is 0.308. The number of allylic oxidation sites excluding steroid dienone is 1. The molecule has 0 unspecified atom stereocenters. The lowest BCUT2D eigenvalue weighted by atomic mass is 10.1. The fourth-order valence-corrected chi connectivity index (χ4v) is 1.17. The number of benzene rings is 1. The summed E-state index contributed by atoms with van der Waals surface area (Å²) in [6.45, 7) is 6.29. The Kier molecular flexibility index (Phi) is 4.61. The number of hydrogen-bond donors (Lipinski definition) is 0. The predicted octanol–water partition coefficient (Wildman–Crippen LogP) is 3.23. The SMILES string of the molecule is C=CC(=O)c1ccc(OCCCC)cc1. The Labute approximate surface area is 90.6 Å². The molecule has 0 bridgehead atoms. The predicted molar refractivity (Wildman–Crippen MR) is 61.4 cm³/mol. The van der Waals surface area contributed by atoms with E-state index in [-0.39, 0.29) is 5.78 Å². The highest BCUT2D eigenvalue weighted by Gasteiger charge is 2.00. The molecule has 0 aromatic heterocycles. The second-order valence-corrected chi connectivity index (χ2v) is 3.29. The van der Waals surface area contributed by atoms with Gasteiger partial charge < -0.3 is 4.74 Å². The van der Waals surface area contributed by atoms with Crippen LogP contribution in [0.1, 0.15) is 30.1 Å². The molecule has 0 amide bonds. The number of rotatable bonds is 6. The van der Waals surface area contributed by atoms with Crippen LogP contribution in [0.4, 0.5) is 0 Å². The van der Waals surface area contributed by atoms with Crippen molar-refractivity contribution in [3.8, 4) is 5.75 Å². The maximum absolute atomic E-state index is 11.2. The highest BCUT2D eigenvalue weighted by atomic mass is 16.5. The van der Waals surface area contributed by atoms with Gasteiger partial charge in [-0.05, 0) is 36.8 Å². The largest absolute Gasteiger partial charge is 0.494 e. The Hall–Kier alpha value is -1.57. The third-order valence-corrected chi connectivity index (χ3v) is 2.09. The van der Waals surface area contributed by atoms with Gasteiger partial charge in [-0.1, -0.05) is 19.9 Å². The zero-order chi connectivity index (χ0) is 11.1. The smallest absolute Gasteiger partial charge is 0.185 e. The minimum Gasteiger partial charge on any atom is -0.494 e. The van der Waals surface area contributed by atoms with Gasteiger partial charge in [0.15, 0.2) is 5.78 Å². The Morgan fingerprint density at radius 1 is 1.40 bits per heavy atom. The molecule has 15 heavy (non-hydrogen) atoms. The Morgan fingerprint density at radius 3 is 2.60 bits per heavy atom. The standard InChI is InChI=1S/C13H16O2/c1-3-5-10-15-12-8-6-11(7-9-12)13(14)4-2/h4,6-9H,2-3,5,10H2,1H3. The minimum atomic E-state index is -0.0601. The van der Waals surface area contributed by atoms with Crippen molar-refractivity contribution >= 4 is 5.78 Å². The van der Waals surface area contributed by atoms with Crippen LogP contribution in [-0.4, -0.2) is 12.4 Å². The average molecular weight is 204 g/mol. The van der Waals surface area contributed by atoms with Crippen molar-refractivity contribution in [1.82, 2.24) is 0 Å². The molecule has 0 fully saturated rings. The maximum Gasteiger partial charge on any atom is 0.185 e. The zero-order valence-electron chi connectivity index (χ0n) is 9.03. The van der Waals surface area contributed by atoms with Crippen molar-refractivity contribution in [1.29, 1.82) is 0 Å². The van der Waals surface area contributed by atoms with E-state index < -0.39 is 0 Å². The lowest BCUT2D eigenvalue weighted by Crippen LogP contribution is -1.97. The first-order valence-electron chi connectivity index (χ1n) is 5.17. The molecule has 2 nitrogen and oxygen atoms in total. The topological polar surface area (TPSA) is 26.3 Å². The molecule has 1 aromatic rings. The monoisotopic (exact) mass is 204 g/mol. The van der Waals surface area contributed by atoms with Crippen LogP contribution in [0, 0.1) is 0 Å². The maximum atomic E-state index is 11.2. The molecule has 2 heteroatoms. The molecule has 0 aliphatic rings. The normalized spacial score (nSPS) is 9.67. The van der Waals surface area contributed by atoms with E-state index in [4.69, 9.17) is 4.74 Å². The summed E-state index contributed by atoms with van der Waals surface area (Å²) in [6.07, 6.45) is 3.48. The van der Waals surface area contributed by atoms with Gasteiger partial charge in [-0.3, -0.25) is 4.79 Å². The van der Waals surface area contributed by atoms with Gasteiger partial charge in [0.05, 0.1) is 6.61 Å². The number of carbonyl (C=O) groups excluding carboxylic acids is 1. The summed E-state index contributed by atoms with van der Waals surface area (Å²) in [6, 6.07) is 7.13. The number of hydrogen-bond acceptors (Lipinski definition) is 2. The van der Waals surface area contributed by atoms with Gasteiger partial charge in [0.2, 0.25) is 0 Å². The van der Waals surface area contributed by atoms with E-state index in [1.54, 1.807) is 12.1 Å². The number of unbranched alkanes of at least 4 members (excludes halogenated alkanes) is 1. The van der Waals surface area contributed by atoms with Crippen LogP contribution in [-0.2, 0) is 0 Å². The molecular formula is C13H16O2. The average Bonchev–Trinajstić information content (AvgIpc) is 2.29. The van der Waals surface area contributed by atoms with Gasteiger partial charge in [0.1, 0.15) is 5.75 Å². The molecule has 0 atom stereocenters. The quantitative estimate of drug-likeness (QED) is 0.404. The van der Waals surface area contributed by atoms with Gasteiger partial charge in [-0.25, -0.2) is 0 Å². The molecule has 0 heterocycles. The lowest BCUT2D eigenvalue weighted by molar-refractivity contribution is 0.104. The van der Waals surface area contributed by atoms with Crippen molar-refractivity contribution in [2.45, 2.75) is 19.8 Å². The van der Waals surface area contributed by atoms with Gasteiger partial charge in [0.25, 0.3) is 0 Å². The molecule has 1 aromatic carbocycles. The number of carbonyl (C=O) groups is 1. The first-order valence-corrected chi connectivity index (χ1v) is 5.17. The molecule has 0 aliphatic carbocycles. The van der Waals surface area contributed by atoms with Gasteiger partial charge in [-0.15, -0.1) is 0 Å². The first-order chi connectivity index (χ1) is 7.27. The fourth-order valence-electron chi connectivity index (χ4n) is 1.17. The van der Waals surface area contributed by atoms with Crippen LogP contribution in [0.5, 0.6) is 5.75 Å². The molecule has 0 aliphatic heterocycles. The van der Waals surface area contributed by atoms with Crippen molar-refractivity contribution in [2.75, 3.05) is 6.61 Å². The molecule has 1 rings (SSSR count). The third-order valence-electron chi connectivity index (χ3n) is 2.09. The zero-order valence-corrected chi connectivity index (χ0v) is 9.03. The molecule has 0 saturated carbocycles. The summed E-state index contributed by atoms with van der Waals surface area (Å²) < 4.78 is 5.48. The van der Waals surface area contributed by atoms with Gasteiger partial charge in [0, 0.05) is 5.56 Å². The second kappa shape index (κ2) is 6.02. The Morgan fingerprint density at radius 2 is 2.07 bits per heavy atom. The summed E-state index contributed by atoms with van der Waals surface area (Å²) in [4.78, 5) is 11.2. The molecule has 80 valence electrons. The van der Waals surface area contributed by atoms with Crippen LogP contribution >= 0.6 is 0 Å². The van der Waals surface area contributed by atoms with Crippen molar-refractivity contribution in [3.05, 3.63) is 42.5 Å². The highest BCUT2D eigenvalue weighted by molar-refractivity contribution is 6.04. The number of ether oxygens (including phenoxy) is 1. The molecular weight excluding hydrogens is 188 g/mol. The molecule has 0 spiro atoms. The van der Waals surface area contributed by atoms with Crippen LogP contribution in [0.15, 0.2) is 36.9 Å². The van der Waals surface area contributed by atoms with Crippen LogP contribution in [0.3, 0.4) is 0 Å². The first kappa shape index (κ1) is 11.5. The van der Waals surface area contributed by atoms with E-state index >= 15 is 0 Å². The van der Waals surface area contributed by atoms with E-state index in [0.717, 1.165) is 25.2 Å². The second-order valence-electron chi connectivity index (χ2n) is 3.29.